The molecule has 10 heteroatoms. The third-order valence-electron chi connectivity index (χ3n) is 3.05. The number of nitro groups is 1. The largest absolute Gasteiger partial charge is 0.495 e. The Hall–Kier alpha value is -2.84. The number of rotatable bonds is 7. The molecular formula is C16H13Cl2N3O5. The third-order valence-corrected chi connectivity index (χ3v) is 3.55. The predicted molar refractivity (Wildman–Crippen MR) is 97.3 cm³/mol. The van der Waals surface area contributed by atoms with Crippen LogP contribution in [0.25, 0.3) is 0 Å². The molecule has 0 saturated carbocycles. The molecule has 0 aliphatic heterocycles. The van der Waals surface area contributed by atoms with E-state index in [2.05, 4.69) is 10.5 Å². The summed E-state index contributed by atoms with van der Waals surface area (Å²) >= 11 is 11.9. The summed E-state index contributed by atoms with van der Waals surface area (Å²) in [5, 5.41) is 15.1. The third kappa shape index (κ3) is 5.33. The topological polar surface area (TPSA) is 103 Å². The quantitative estimate of drug-likeness (QED) is 0.437. The summed E-state index contributed by atoms with van der Waals surface area (Å²) in [5.41, 5.74) is 2.70. The van der Waals surface area contributed by atoms with E-state index in [-0.39, 0.29) is 12.3 Å². The Kier molecular flexibility index (Phi) is 6.76. The minimum atomic E-state index is -0.526. The minimum Gasteiger partial charge on any atom is -0.495 e. The van der Waals surface area contributed by atoms with Gasteiger partial charge < -0.3 is 9.47 Å². The number of halogens is 2. The molecule has 0 heterocycles. The summed E-state index contributed by atoms with van der Waals surface area (Å²) in [5.74, 6) is 0.168. The van der Waals surface area contributed by atoms with Crippen molar-refractivity contribution in [2.75, 3.05) is 13.7 Å². The highest BCUT2D eigenvalue weighted by molar-refractivity contribution is 6.36. The first kappa shape index (κ1) is 19.5. The lowest BCUT2D eigenvalue weighted by molar-refractivity contribution is -0.384. The molecule has 8 nitrogen and oxygen atoms in total. The van der Waals surface area contributed by atoms with Crippen LogP contribution in [0.4, 0.5) is 5.69 Å². The van der Waals surface area contributed by atoms with Crippen LogP contribution in [0, 0.1) is 10.1 Å². The number of nitrogens with one attached hydrogen (secondary N) is 1. The molecule has 0 aromatic heterocycles. The second-order valence-electron chi connectivity index (χ2n) is 4.84. The number of amides is 1. The molecule has 0 aliphatic rings. The zero-order chi connectivity index (χ0) is 19.1. The summed E-state index contributed by atoms with van der Waals surface area (Å²) in [7, 11) is 1.45. The Morgan fingerprint density at radius 3 is 2.62 bits per heavy atom. The molecule has 0 bridgehead atoms. The van der Waals surface area contributed by atoms with Crippen molar-refractivity contribution < 1.29 is 19.2 Å². The number of methoxy groups -OCH3 is 1. The van der Waals surface area contributed by atoms with Crippen molar-refractivity contribution >= 4 is 41.0 Å². The maximum atomic E-state index is 11.7. The van der Waals surface area contributed by atoms with Gasteiger partial charge in [-0.25, -0.2) is 5.43 Å². The van der Waals surface area contributed by atoms with Gasteiger partial charge in [0.15, 0.2) is 6.61 Å². The number of non-ortho nitro benzene ring substituents is 1. The monoisotopic (exact) mass is 397 g/mol. The average Bonchev–Trinajstić information content (AvgIpc) is 2.60. The van der Waals surface area contributed by atoms with Crippen LogP contribution in [0.2, 0.25) is 10.0 Å². The number of carbonyl (C=O) groups excluding carboxylic acids is 1. The molecule has 26 heavy (non-hydrogen) atoms. The van der Waals surface area contributed by atoms with Crippen LogP contribution < -0.4 is 14.9 Å². The molecule has 2 aromatic rings. The van der Waals surface area contributed by atoms with Gasteiger partial charge in [-0.3, -0.25) is 14.9 Å². The van der Waals surface area contributed by atoms with Crippen LogP contribution in [-0.2, 0) is 4.79 Å². The summed E-state index contributed by atoms with van der Waals surface area (Å²) in [4.78, 5) is 21.8. The van der Waals surface area contributed by atoms with E-state index >= 15 is 0 Å². The lowest BCUT2D eigenvalue weighted by Gasteiger charge is -2.07. The van der Waals surface area contributed by atoms with E-state index in [0.29, 0.717) is 27.1 Å². The fourth-order valence-corrected chi connectivity index (χ4v) is 2.50. The van der Waals surface area contributed by atoms with E-state index in [1.54, 1.807) is 6.07 Å². The highest BCUT2D eigenvalue weighted by Crippen LogP contribution is 2.31. The highest BCUT2D eigenvalue weighted by atomic mass is 35.5. The molecule has 136 valence electrons. The van der Waals surface area contributed by atoms with Crippen molar-refractivity contribution in [1.82, 2.24) is 5.43 Å². The molecule has 0 saturated heterocycles. The van der Waals surface area contributed by atoms with Gasteiger partial charge in [0.1, 0.15) is 11.5 Å². The summed E-state index contributed by atoms with van der Waals surface area (Å²) in [6, 6.07) is 8.45. The van der Waals surface area contributed by atoms with E-state index in [0.717, 1.165) is 0 Å². The normalized spacial score (nSPS) is 10.6. The number of hydrazone groups is 1. The second-order valence-corrected chi connectivity index (χ2v) is 5.69. The molecule has 1 amide bonds. The summed E-state index contributed by atoms with van der Waals surface area (Å²) in [6.45, 7) is -0.317. The van der Waals surface area contributed by atoms with Crippen LogP contribution >= 0.6 is 23.2 Å². The number of hydrogen-bond donors (Lipinski definition) is 1. The van der Waals surface area contributed by atoms with Crippen molar-refractivity contribution in [3.05, 3.63) is 62.1 Å². The van der Waals surface area contributed by atoms with E-state index in [4.69, 9.17) is 32.7 Å². The number of benzene rings is 2. The SMILES string of the molecule is COc1c(Cl)cc(Cl)cc1/C=N/NC(=O)COc1ccc([N+](=O)[O-])cc1. The van der Waals surface area contributed by atoms with E-state index in [1.807, 2.05) is 0 Å². The Morgan fingerprint density at radius 1 is 1.31 bits per heavy atom. The first-order valence-corrected chi connectivity index (χ1v) is 7.88. The van der Waals surface area contributed by atoms with Gasteiger partial charge in [-0.15, -0.1) is 0 Å². The zero-order valence-electron chi connectivity index (χ0n) is 13.4. The van der Waals surface area contributed by atoms with Crippen LogP contribution in [0.3, 0.4) is 0 Å². The van der Waals surface area contributed by atoms with Gasteiger partial charge in [-0.1, -0.05) is 23.2 Å². The number of ether oxygens (including phenoxy) is 2. The molecule has 1 N–H and O–H groups in total. The molecule has 2 aromatic carbocycles. The van der Waals surface area contributed by atoms with E-state index in [9.17, 15) is 14.9 Å². The van der Waals surface area contributed by atoms with Crippen molar-refractivity contribution in [2.24, 2.45) is 5.10 Å². The van der Waals surface area contributed by atoms with Crippen molar-refractivity contribution in [2.45, 2.75) is 0 Å². The maximum absolute atomic E-state index is 11.7. The van der Waals surface area contributed by atoms with E-state index < -0.39 is 10.8 Å². The van der Waals surface area contributed by atoms with E-state index in [1.165, 1.54) is 43.7 Å². The number of nitrogens with zero attached hydrogens (tertiary/aromatic N) is 2. The Morgan fingerprint density at radius 2 is 2.00 bits per heavy atom. The lowest BCUT2D eigenvalue weighted by atomic mass is 10.2. The molecule has 0 unspecified atom stereocenters. The van der Waals surface area contributed by atoms with Gasteiger partial charge in [-0.2, -0.15) is 5.10 Å². The van der Waals surface area contributed by atoms with Gasteiger partial charge in [0, 0.05) is 22.7 Å². The second kappa shape index (κ2) is 9.02. The summed E-state index contributed by atoms with van der Waals surface area (Å²) < 4.78 is 10.4. The van der Waals surface area contributed by atoms with Crippen molar-refractivity contribution in [3.63, 3.8) is 0 Å². The lowest BCUT2D eigenvalue weighted by Crippen LogP contribution is -2.24. The molecule has 2 rings (SSSR count). The summed E-state index contributed by atoms with van der Waals surface area (Å²) in [6.07, 6.45) is 1.33. The fourth-order valence-electron chi connectivity index (χ4n) is 1.91. The fraction of sp³-hybridized carbons (Fsp3) is 0.125. The number of carbonyl (C=O) groups is 1. The van der Waals surface area contributed by atoms with Gasteiger partial charge in [0.05, 0.1) is 23.3 Å². The molecule has 0 radical (unpaired) electrons. The highest BCUT2D eigenvalue weighted by Gasteiger charge is 2.09. The zero-order valence-corrected chi connectivity index (χ0v) is 15.0. The standard InChI is InChI=1S/C16H13Cl2N3O5/c1-25-16-10(6-11(17)7-14(16)18)8-19-20-15(22)9-26-13-4-2-12(3-5-13)21(23)24/h2-8H,9H2,1H3,(H,20,22)/b19-8+. The molecule has 0 spiro atoms. The smallest absolute Gasteiger partial charge is 0.277 e. The molecule has 0 atom stereocenters. The molecule has 0 fully saturated rings. The number of hydrogen-bond acceptors (Lipinski definition) is 6. The average molecular weight is 398 g/mol. The van der Waals surface area contributed by atoms with Crippen LogP contribution in [-0.4, -0.2) is 30.8 Å². The Balaban J connectivity index is 1.90. The number of nitro benzene ring substituents is 1. The molecule has 0 aliphatic carbocycles. The molecular weight excluding hydrogens is 385 g/mol. The van der Waals surface area contributed by atoms with Gasteiger partial charge in [0.25, 0.3) is 11.6 Å². The van der Waals surface area contributed by atoms with Gasteiger partial charge in [0.2, 0.25) is 0 Å². The van der Waals surface area contributed by atoms with Crippen molar-refractivity contribution in [1.29, 1.82) is 0 Å². The first-order valence-electron chi connectivity index (χ1n) is 7.13. The first-order chi connectivity index (χ1) is 12.4. The Bertz CT molecular complexity index is 841. The predicted octanol–water partition coefficient (Wildman–Crippen LogP) is 3.44. The maximum Gasteiger partial charge on any atom is 0.277 e. The van der Waals surface area contributed by atoms with Gasteiger partial charge >= 0.3 is 0 Å². The Labute approximate surface area is 158 Å². The van der Waals surface area contributed by atoms with Crippen LogP contribution in [0.5, 0.6) is 11.5 Å². The van der Waals surface area contributed by atoms with Crippen LogP contribution in [0.15, 0.2) is 41.5 Å². The minimum absolute atomic E-state index is 0.0690. The van der Waals surface area contributed by atoms with Crippen LogP contribution in [0.1, 0.15) is 5.56 Å². The van der Waals surface area contributed by atoms with Gasteiger partial charge in [-0.05, 0) is 24.3 Å². The van der Waals surface area contributed by atoms with Crippen molar-refractivity contribution in [3.8, 4) is 11.5 Å².